The summed E-state index contributed by atoms with van der Waals surface area (Å²) >= 11 is 0. The molecule has 0 unspecified atom stereocenters. The number of pyridine rings is 1. The number of aromatic nitrogens is 3. The van der Waals surface area contributed by atoms with Gasteiger partial charge in [0.05, 0.1) is 29.1 Å². The zero-order valence-electron chi connectivity index (χ0n) is 16.6. The molecular weight excluding hydrogens is 475 g/mol. The summed E-state index contributed by atoms with van der Waals surface area (Å²) in [5.74, 6) is -1.80. The number of fused-ring (bicyclic) bond motifs is 1. The first-order chi connectivity index (χ1) is 14.7. The number of benzene rings is 1. The number of nitrogens with zero attached hydrogens (tertiary/aromatic N) is 3. The molecule has 0 radical (unpaired) electrons. The lowest BCUT2D eigenvalue weighted by atomic mass is 10.1. The fourth-order valence-electron chi connectivity index (χ4n) is 2.68. The van der Waals surface area contributed by atoms with Crippen LogP contribution in [-0.4, -0.2) is 49.5 Å². The number of hydrogen-bond acceptors (Lipinski definition) is 8. The third-order valence-electron chi connectivity index (χ3n) is 4.28. The van der Waals surface area contributed by atoms with Crippen molar-refractivity contribution in [2.75, 3.05) is 17.9 Å². The smallest absolute Gasteiger partial charge is 0.416 e. The van der Waals surface area contributed by atoms with E-state index in [1.54, 1.807) is 0 Å². The maximum atomic E-state index is 13.1. The summed E-state index contributed by atoms with van der Waals surface area (Å²) in [4.78, 5) is 16.3. The molecule has 0 atom stereocenters. The molecule has 32 heavy (non-hydrogen) atoms. The molecule has 0 aliphatic rings. The monoisotopic (exact) mass is 491 g/mol. The van der Waals surface area contributed by atoms with E-state index < -0.39 is 59.4 Å². The zero-order valence-corrected chi connectivity index (χ0v) is 18.3. The molecule has 2 heterocycles. The Labute approximate surface area is 180 Å². The summed E-state index contributed by atoms with van der Waals surface area (Å²) in [6, 6.07) is 3.51. The van der Waals surface area contributed by atoms with Crippen molar-refractivity contribution in [1.29, 1.82) is 0 Å². The van der Waals surface area contributed by atoms with Crippen LogP contribution >= 0.6 is 0 Å². The fourth-order valence-corrected chi connectivity index (χ4v) is 4.06. The Morgan fingerprint density at radius 2 is 1.78 bits per heavy atom. The number of sulfone groups is 2. The van der Waals surface area contributed by atoms with Gasteiger partial charge in [-0.1, -0.05) is 13.0 Å². The third kappa shape index (κ3) is 4.91. The average Bonchev–Trinajstić information content (AvgIpc) is 2.71. The highest BCUT2D eigenvalue weighted by Crippen LogP contribution is 2.31. The Morgan fingerprint density at radius 1 is 1.09 bits per heavy atom. The quantitative estimate of drug-likeness (QED) is 0.513. The molecule has 0 saturated heterocycles. The van der Waals surface area contributed by atoms with Crippen LogP contribution in [0, 0.1) is 0 Å². The molecule has 2 aromatic heterocycles. The van der Waals surface area contributed by atoms with Crippen molar-refractivity contribution in [2.24, 2.45) is 0 Å². The summed E-state index contributed by atoms with van der Waals surface area (Å²) in [6.45, 7) is 1.33. The zero-order chi connectivity index (χ0) is 23.9. The first kappa shape index (κ1) is 23.7. The Balaban J connectivity index is 2.24. The summed E-state index contributed by atoms with van der Waals surface area (Å²) in [5, 5.41) is 3.63. The molecule has 0 fully saturated rings. The number of ether oxygens (including phenoxy) is 1. The normalized spacial score (nSPS) is 12.8. The summed E-state index contributed by atoms with van der Waals surface area (Å²) in [5.41, 5.74) is -2.07. The van der Waals surface area contributed by atoms with Gasteiger partial charge in [-0.15, -0.1) is 0 Å². The van der Waals surface area contributed by atoms with Crippen molar-refractivity contribution in [3.63, 3.8) is 0 Å². The molecule has 0 aliphatic carbocycles. The van der Waals surface area contributed by atoms with Gasteiger partial charge in [0.15, 0.2) is 31.4 Å². The van der Waals surface area contributed by atoms with Crippen molar-refractivity contribution in [1.82, 2.24) is 14.8 Å². The first-order valence-electron chi connectivity index (χ1n) is 8.86. The van der Waals surface area contributed by atoms with Crippen molar-refractivity contribution in [3.8, 4) is 11.6 Å². The Kier molecular flexibility index (Phi) is 6.04. The second-order valence-corrected chi connectivity index (χ2v) is 11.1. The molecule has 0 aliphatic heterocycles. The van der Waals surface area contributed by atoms with E-state index in [1.807, 2.05) is 0 Å². The average molecular weight is 491 g/mol. The van der Waals surface area contributed by atoms with Gasteiger partial charge in [0.1, 0.15) is 10.6 Å². The Morgan fingerprint density at radius 3 is 2.38 bits per heavy atom. The van der Waals surface area contributed by atoms with Gasteiger partial charge in [-0.3, -0.25) is 4.79 Å². The topological polar surface area (TPSA) is 125 Å². The number of rotatable bonds is 6. The van der Waals surface area contributed by atoms with Crippen LogP contribution in [0.15, 0.2) is 46.3 Å². The van der Waals surface area contributed by atoms with E-state index in [2.05, 4.69) is 10.1 Å². The van der Waals surface area contributed by atoms with Gasteiger partial charge in [0, 0.05) is 17.7 Å². The second kappa shape index (κ2) is 8.16. The fraction of sp³-hybridized carbons (Fsp3) is 0.278. The van der Waals surface area contributed by atoms with E-state index in [0.29, 0.717) is 10.7 Å². The lowest BCUT2D eigenvalue weighted by molar-refractivity contribution is -0.137. The molecule has 9 nitrogen and oxygen atoms in total. The van der Waals surface area contributed by atoms with Crippen LogP contribution in [0.2, 0.25) is 0 Å². The molecule has 0 amide bonds. The molecular formula is C18H16F3N3O6S2. The highest BCUT2D eigenvalue weighted by molar-refractivity contribution is 7.91. The van der Waals surface area contributed by atoms with Crippen LogP contribution in [-0.2, 0) is 25.9 Å². The van der Waals surface area contributed by atoms with E-state index in [9.17, 15) is 34.8 Å². The SMILES string of the molecule is CCS(=O)(=O)c1cc(OCS(C)(=O)=O)cnc1-n1ncc2ccc(C(F)(F)F)cc2c1=O. The molecule has 14 heteroatoms. The Hall–Kier alpha value is -3.00. The molecule has 0 spiro atoms. The minimum absolute atomic E-state index is 0.118. The molecule has 0 bridgehead atoms. The highest BCUT2D eigenvalue weighted by Gasteiger charge is 2.31. The third-order valence-corrected chi connectivity index (χ3v) is 6.56. The number of alkyl halides is 3. The van der Waals surface area contributed by atoms with Gasteiger partial charge in [-0.05, 0) is 12.1 Å². The predicted molar refractivity (Wildman–Crippen MR) is 108 cm³/mol. The molecule has 3 aromatic rings. The van der Waals surface area contributed by atoms with E-state index in [0.717, 1.165) is 36.8 Å². The largest absolute Gasteiger partial charge is 0.476 e. The summed E-state index contributed by atoms with van der Waals surface area (Å²) in [7, 11) is -7.57. The van der Waals surface area contributed by atoms with Crippen LogP contribution in [0.25, 0.3) is 16.6 Å². The maximum absolute atomic E-state index is 13.1. The van der Waals surface area contributed by atoms with Gasteiger partial charge < -0.3 is 4.74 Å². The second-order valence-electron chi connectivity index (χ2n) is 6.75. The first-order valence-corrected chi connectivity index (χ1v) is 12.6. The van der Waals surface area contributed by atoms with Crippen LogP contribution in [0.1, 0.15) is 12.5 Å². The van der Waals surface area contributed by atoms with Gasteiger partial charge in [-0.25, -0.2) is 21.8 Å². The molecule has 0 saturated carbocycles. The van der Waals surface area contributed by atoms with E-state index in [4.69, 9.17) is 4.74 Å². The van der Waals surface area contributed by atoms with E-state index in [1.165, 1.54) is 6.92 Å². The van der Waals surface area contributed by atoms with E-state index in [-0.39, 0.29) is 16.5 Å². The lowest BCUT2D eigenvalue weighted by Crippen LogP contribution is -2.25. The van der Waals surface area contributed by atoms with Crippen LogP contribution < -0.4 is 10.3 Å². The van der Waals surface area contributed by atoms with Gasteiger partial charge >= 0.3 is 6.18 Å². The lowest BCUT2D eigenvalue weighted by Gasteiger charge is -2.13. The van der Waals surface area contributed by atoms with Crippen LogP contribution in [0.4, 0.5) is 13.2 Å². The minimum atomic E-state index is -4.69. The van der Waals surface area contributed by atoms with Crippen molar-refractivity contribution in [2.45, 2.75) is 18.0 Å². The van der Waals surface area contributed by atoms with Crippen molar-refractivity contribution >= 4 is 30.4 Å². The van der Waals surface area contributed by atoms with Crippen LogP contribution in [0.5, 0.6) is 5.75 Å². The highest BCUT2D eigenvalue weighted by atomic mass is 32.2. The molecule has 0 N–H and O–H groups in total. The standard InChI is InChI=1S/C18H16F3N3O6S2/c1-3-32(28,29)15-7-13(30-10-31(2,26)27)9-22-16(15)24-17(25)14-6-12(18(19,20)21)5-4-11(14)8-23-24/h4-9H,3,10H2,1-2H3. The number of hydrogen-bond donors (Lipinski definition) is 0. The van der Waals surface area contributed by atoms with Crippen molar-refractivity contribution in [3.05, 3.63) is 52.6 Å². The van der Waals surface area contributed by atoms with Crippen LogP contribution in [0.3, 0.4) is 0 Å². The minimum Gasteiger partial charge on any atom is -0.476 e. The van der Waals surface area contributed by atoms with Gasteiger partial charge in [0.25, 0.3) is 5.56 Å². The number of halogens is 3. The predicted octanol–water partition coefficient (Wildman–Crippen LogP) is 1.97. The maximum Gasteiger partial charge on any atom is 0.416 e. The summed E-state index contributed by atoms with van der Waals surface area (Å²) < 4.78 is 92.6. The molecule has 172 valence electrons. The Bertz CT molecular complexity index is 1470. The van der Waals surface area contributed by atoms with Crippen molar-refractivity contribution < 1.29 is 34.7 Å². The van der Waals surface area contributed by atoms with Gasteiger partial charge in [-0.2, -0.15) is 23.0 Å². The van der Waals surface area contributed by atoms with Gasteiger partial charge in [0.2, 0.25) is 0 Å². The summed E-state index contributed by atoms with van der Waals surface area (Å²) in [6.07, 6.45) is -1.69. The molecule has 3 rings (SSSR count). The molecule has 1 aromatic carbocycles. The van der Waals surface area contributed by atoms with E-state index >= 15 is 0 Å².